The summed E-state index contributed by atoms with van der Waals surface area (Å²) in [7, 11) is 0. The highest BCUT2D eigenvalue weighted by molar-refractivity contribution is 6.09. The second-order valence-corrected chi connectivity index (χ2v) is 8.87. The van der Waals surface area contributed by atoms with Gasteiger partial charge in [0.1, 0.15) is 40.9 Å². The van der Waals surface area contributed by atoms with E-state index in [2.05, 4.69) is 6.58 Å². The third-order valence-corrected chi connectivity index (χ3v) is 5.86. The van der Waals surface area contributed by atoms with Crippen molar-refractivity contribution in [2.75, 3.05) is 6.61 Å². The van der Waals surface area contributed by atoms with Gasteiger partial charge < -0.3 is 30.3 Å². The molecule has 7 nitrogen and oxygen atoms in total. The number of aliphatic hydroxyl groups is 1. The molecule has 0 aromatic heterocycles. The van der Waals surface area contributed by atoms with Gasteiger partial charge in [0.05, 0.1) is 0 Å². The molecule has 0 amide bonds. The van der Waals surface area contributed by atoms with Crippen molar-refractivity contribution in [3.05, 3.63) is 64.8 Å². The van der Waals surface area contributed by atoms with Gasteiger partial charge in [-0.25, -0.2) is 0 Å². The highest BCUT2D eigenvalue weighted by Gasteiger charge is 2.48. The number of ketones is 1. The Morgan fingerprint density at radius 2 is 1.78 bits per heavy atom. The number of Topliss-reactive ketones (excluding diaryl/α,β-unsaturated/α-hetero) is 1. The van der Waals surface area contributed by atoms with Crippen LogP contribution in [0.3, 0.4) is 0 Å². The summed E-state index contributed by atoms with van der Waals surface area (Å²) in [6.45, 7) is 10.5. The Hall–Kier alpha value is -3.45. The molecule has 2 aromatic rings. The van der Waals surface area contributed by atoms with Crippen LogP contribution in [-0.2, 0) is 17.4 Å². The fourth-order valence-corrected chi connectivity index (χ4v) is 3.70. The molecule has 3 rings (SSSR count). The lowest BCUT2D eigenvalue weighted by atomic mass is 9.78. The quantitative estimate of drug-likeness (QED) is 0.446. The maximum Gasteiger partial charge on any atom is 0.210 e. The van der Waals surface area contributed by atoms with E-state index in [1.165, 1.54) is 12.1 Å². The zero-order valence-electron chi connectivity index (χ0n) is 18.6. The lowest BCUT2D eigenvalue weighted by molar-refractivity contribution is -0.00685. The SMILES string of the molecule is C=CC(C)(C)c1cc(C2(O)COc3cc(O)c(CC=C(C)C)c(O)c3C2=O)c(O)cc1O. The predicted molar refractivity (Wildman–Crippen MR) is 120 cm³/mol. The van der Waals surface area contributed by atoms with E-state index in [0.717, 1.165) is 11.6 Å². The van der Waals surface area contributed by atoms with Crippen molar-refractivity contribution < 1.29 is 35.1 Å². The predicted octanol–water partition coefficient (Wildman–Crippen LogP) is 3.94. The molecule has 32 heavy (non-hydrogen) atoms. The second kappa shape index (κ2) is 7.91. The molecule has 0 saturated heterocycles. The van der Waals surface area contributed by atoms with Crippen LogP contribution in [0.25, 0.3) is 0 Å². The average Bonchev–Trinajstić information content (AvgIpc) is 2.70. The molecule has 0 saturated carbocycles. The lowest BCUT2D eigenvalue weighted by Crippen LogP contribution is -2.45. The van der Waals surface area contributed by atoms with Crippen LogP contribution in [0.5, 0.6) is 28.7 Å². The number of benzene rings is 2. The van der Waals surface area contributed by atoms with E-state index in [0.29, 0.717) is 5.56 Å². The number of phenolic OH excluding ortho intramolecular Hbond substituents is 4. The van der Waals surface area contributed by atoms with Gasteiger partial charge in [-0.05, 0) is 26.3 Å². The Morgan fingerprint density at radius 3 is 2.38 bits per heavy atom. The number of carbonyl (C=O) groups is 1. The molecule has 7 heteroatoms. The van der Waals surface area contributed by atoms with Gasteiger partial charge in [0.2, 0.25) is 5.78 Å². The normalized spacial score (nSPS) is 18.0. The molecule has 1 unspecified atom stereocenters. The van der Waals surface area contributed by atoms with Crippen molar-refractivity contribution in [1.82, 2.24) is 0 Å². The van der Waals surface area contributed by atoms with E-state index in [1.54, 1.807) is 26.0 Å². The number of rotatable bonds is 5. The first kappa shape index (κ1) is 23.2. The summed E-state index contributed by atoms with van der Waals surface area (Å²) in [5.41, 5.74) is -2.11. The number of allylic oxidation sites excluding steroid dienone is 3. The van der Waals surface area contributed by atoms with Crippen molar-refractivity contribution in [3.63, 3.8) is 0 Å². The molecule has 2 aromatic carbocycles. The van der Waals surface area contributed by atoms with E-state index >= 15 is 0 Å². The maximum atomic E-state index is 13.4. The Bertz CT molecular complexity index is 1140. The third kappa shape index (κ3) is 3.69. The fraction of sp³-hybridized carbons (Fsp3) is 0.320. The highest BCUT2D eigenvalue weighted by atomic mass is 16.5. The van der Waals surface area contributed by atoms with Gasteiger partial charge in [-0.15, -0.1) is 6.58 Å². The van der Waals surface area contributed by atoms with Crippen molar-refractivity contribution >= 4 is 5.78 Å². The zero-order chi connectivity index (χ0) is 24.0. The molecule has 0 fully saturated rings. The van der Waals surface area contributed by atoms with Gasteiger partial charge in [-0.2, -0.15) is 0 Å². The number of carbonyl (C=O) groups excluding carboxylic acids is 1. The standard InChI is InChI=1S/C25H28O7/c1-6-24(4,5)15-9-16(19(28)10-18(15)27)25(31)12-32-20-11-17(26)14(8-7-13(2)3)22(29)21(20)23(25)30/h6-7,9-11,26-29,31H,1,8,12H2,2-5H3. The molecule has 1 heterocycles. The highest BCUT2D eigenvalue weighted by Crippen LogP contribution is 2.48. The first-order valence-electron chi connectivity index (χ1n) is 10.1. The summed E-state index contributed by atoms with van der Waals surface area (Å²) < 4.78 is 5.54. The first-order chi connectivity index (χ1) is 14.8. The molecule has 1 aliphatic heterocycles. The molecule has 1 aliphatic rings. The van der Waals surface area contributed by atoms with Crippen molar-refractivity contribution in [2.45, 2.75) is 45.1 Å². The van der Waals surface area contributed by atoms with Crippen LogP contribution >= 0.6 is 0 Å². The molecule has 0 aliphatic carbocycles. The molecule has 170 valence electrons. The average molecular weight is 440 g/mol. The number of hydrogen-bond donors (Lipinski definition) is 5. The molecule has 1 atom stereocenters. The van der Waals surface area contributed by atoms with Crippen LogP contribution in [0.2, 0.25) is 0 Å². The van der Waals surface area contributed by atoms with Crippen LogP contribution in [0, 0.1) is 0 Å². The largest absolute Gasteiger partial charge is 0.507 e. The number of aromatic hydroxyl groups is 4. The fourth-order valence-electron chi connectivity index (χ4n) is 3.70. The minimum atomic E-state index is -2.33. The number of ether oxygens (including phenoxy) is 1. The summed E-state index contributed by atoms with van der Waals surface area (Å²) in [6, 6.07) is 3.61. The summed E-state index contributed by atoms with van der Waals surface area (Å²) in [4.78, 5) is 13.4. The van der Waals surface area contributed by atoms with Crippen LogP contribution in [0.1, 0.15) is 54.7 Å². The smallest absolute Gasteiger partial charge is 0.210 e. The van der Waals surface area contributed by atoms with Crippen molar-refractivity contribution in [2.24, 2.45) is 0 Å². The van der Waals surface area contributed by atoms with E-state index in [9.17, 15) is 30.3 Å². The van der Waals surface area contributed by atoms with Crippen molar-refractivity contribution in [3.8, 4) is 28.7 Å². The zero-order valence-corrected chi connectivity index (χ0v) is 18.6. The number of phenols is 4. The monoisotopic (exact) mass is 440 g/mol. The van der Waals surface area contributed by atoms with Gasteiger partial charge in [0.15, 0.2) is 5.60 Å². The van der Waals surface area contributed by atoms with E-state index in [1.807, 2.05) is 13.8 Å². The lowest BCUT2D eigenvalue weighted by Gasteiger charge is -2.34. The van der Waals surface area contributed by atoms with Crippen LogP contribution in [0.15, 0.2) is 42.5 Å². The maximum absolute atomic E-state index is 13.4. The Morgan fingerprint density at radius 1 is 1.12 bits per heavy atom. The minimum Gasteiger partial charge on any atom is -0.507 e. The Balaban J connectivity index is 2.19. The number of hydrogen-bond acceptors (Lipinski definition) is 7. The number of fused-ring (bicyclic) bond motifs is 1. The van der Waals surface area contributed by atoms with Gasteiger partial charge in [-0.1, -0.05) is 31.6 Å². The molecule has 5 N–H and O–H groups in total. The summed E-state index contributed by atoms with van der Waals surface area (Å²) in [6.07, 6.45) is 3.53. The van der Waals surface area contributed by atoms with Gasteiger partial charge in [0, 0.05) is 34.2 Å². The molecular weight excluding hydrogens is 412 g/mol. The van der Waals surface area contributed by atoms with E-state index in [-0.39, 0.29) is 40.4 Å². The van der Waals surface area contributed by atoms with Crippen molar-refractivity contribution in [1.29, 1.82) is 0 Å². The van der Waals surface area contributed by atoms with Crippen LogP contribution < -0.4 is 4.74 Å². The first-order valence-corrected chi connectivity index (χ1v) is 10.1. The van der Waals surface area contributed by atoms with Gasteiger partial charge in [0.25, 0.3) is 0 Å². The van der Waals surface area contributed by atoms with Gasteiger partial charge >= 0.3 is 0 Å². The summed E-state index contributed by atoms with van der Waals surface area (Å²) in [5, 5.41) is 53.3. The molecular formula is C25H28O7. The molecule has 0 bridgehead atoms. The van der Waals surface area contributed by atoms with Crippen LogP contribution in [-0.4, -0.2) is 37.9 Å². The van der Waals surface area contributed by atoms with E-state index < -0.39 is 34.9 Å². The minimum absolute atomic E-state index is 0.0689. The topological polar surface area (TPSA) is 127 Å². The summed E-state index contributed by atoms with van der Waals surface area (Å²) in [5.74, 6) is -2.42. The van der Waals surface area contributed by atoms with E-state index in [4.69, 9.17) is 4.74 Å². The van der Waals surface area contributed by atoms with Crippen LogP contribution in [0.4, 0.5) is 0 Å². The van der Waals surface area contributed by atoms with Gasteiger partial charge in [-0.3, -0.25) is 4.79 Å². The second-order valence-electron chi connectivity index (χ2n) is 8.87. The third-order valence-electron chi connectivity index (χ3n) is 5.86. The molecule has 0 radical (unpaired) electrons. The Labute approximate surface area is 186 Å². The summed E-state index contributed by atoms with van der Waals surface area (Å²) >= 11 is 0. The Kier molecular flexibility index (Phi) is 5.74. The molecule has 0 spiro atoms.